The van der Waals surface area contributed by atoms with E-state index in [0.29, 0.717) is 19.0 Å². The van der Waals surface area contributed by atoms with Gasteiger partial charge in [0.05, 0.1) is 6.10 Å². The smallest absolute Gasteiger partial charge is 0.252 e. The van der Waals surface area contributed by atoms with E-state index in [1.807, 2.05) is 23.1 Å². The number of nitrogens with two attached hydrogens (primary N) is 1. The second-order valence-electron chi connectivity index (χ2n) is 6.82. The summed E-state index contributed by atoms with van der Waals surface area (Å²) in [4.78, 5) is 15.0. The lowest BCUT2D eigenvalue weighted by molar-refractivity contribution is -0.144. The first-order valence-corrected chi connectivity index (χ1v) is 9.02. The lowest BCUT2D eigenvalue weighted by atomic mass is 9.99. The fraction of sp³-hybridized carbons (Fsp3) is 0.632. The molecule has 0 aromatic heterocycles. The number of carbonyl (C=O) groups excluding carboxylic acids is 1. The molecule has 2 aliphatic rings. The first kappa shape index (κ1) is 17.4. The van der Waals surface area contributed by atoms with Crippen molar-refractivity contribution in [3.8, 4) is 0 Å². The maximum absolute atomic E-state index is 13.0. The van der Waals surface area contributed by atoms with E-state index >= 15 is 0 Å². The summed E-state index contributed by atoms with van der Waals surface area (Å²) < 4.78 is 11.3. The van der Waals surface area contributed by atoms with Crippen molar-refractivity contribution in [2.75, 3.05) is 26.3 Å². The second kappa shape index (κ2) is 8.60. The molecule has 2 aliphatic heterocycles. The summed E-state index contributed by atoms with van der Waals surface area (Å²) in [7, 11) is 0. The molecule has 1 aromatic rings. The Bertz CT molecular complexity index is 517. The standard InChI is InChI=1S/C19H28N2O3/c20-12-17-6-7-18(24-17)19(22)21(13-15-4-2-1-3-5-15)14-16-8-10-23-11-9-16/h1-5,16-18H,6-14,20H2/t17-,18+/m1/s1. The van der Waals surface area contributed by atoms with Crippen LogP contribution >= 0.6 is 0 Å². The van der Waals surface area contributed by atoms with Crippen LogP contribution < -0.4 is 5.73 Å². The van der Waals surface area contributed by atoms with Gasteiger partial charge in [-0.2, -0.15) is 0 Å². The largest absolute Gasteiger partial charge is 0.381 e. The van der Waals surface area contributed by atoms with Crippen molar-refractivity contribution >= 4 is 5.91 Å². The van der Waals surface area contributed by atoms with Crippen LogP contribution in [-0.4, -0.2) is 49.3 Å². The molecule has 2 heterocycles. The Morgan fingerprint density at radius 3 is 2.54 bits per heavy atom. The van der Waals surface area contributed by atoms with Crippen molar-refractivity contribution in [2.45, 2.75) is 44.4 Å². The van der Waals surface area contributed by atoms with Crippen LogP contribution in [0.5, 0.6) is 0 Å². The van der Waals surface area contributed by atoms with Crippen LogP contribution in [-0.2, 0) is 20.8 Å². The summed E-state index contributed by atoms with van der Waals surface area (Å²) in [6.45, 7) is 3.51. The van der Waals surface area contributed by atoms with E-state index in [1.54, 1.807) is 0 Å². The quantitative estimate of drug-likeness (QED) is 0.865. The van der Waals surface area contributed by atoms with Crippen molar-refractivity contribution in [1.82, 2.24) is 4.90 Å². The van der Waals surface area contributed by atoms with E-state index < -0.39 is 0 Å². The maximum Gasteiger partial charge on any atom is 0.252 e. The summed E-state index contributed by atoms with van der Waals surface area (Å²) in [5.41, 5.74) is 6.84. The molecule has 24 heavy (non-hydrogen) atoms. The van der Waals surface area contributed by atoms with Crippen molar-refractivity contribution in [3.63, 3.8) is 0 Å². The Kier molecular flexibility index (Phi) is 6.24. The predicted molar refractivity (Wildman–Crippen MR) is 92.4 cm³/mol. The van der Waals surface area contributed by atoms with Gasteiger partial charge in [0, 0.05) is 32.8 Å². The molecule has 1 aromatic carbocycles. The first-order valence-electron chi connectivity index (χ1n) is 9.02. The number of rotatable bonds is 6. The summed E-state index contributed by atoms with van der Waals surface area (Å²) in [5, 5.41) is 0. The van der Waals surface area contributed by atoms with Crippen LogP contribution in [0.25, 0.3) is 0 Å². The minimum absolute atomic E-state index is 0.0283. The number of hydrogen-bond donors (Lipinski definition) is 1. The van der Waals surface area contributed by atoms with E-state index in [1.165, 1.54) is 0 Å². The Labute approximate surface area is 144 Å². The molecule has 2 fully saturated rings. The Morgan fingerprint density at radius 1 is 1.12 bits per heavy atom. The molecular formula is C19H28N2O3. The van der Waals surface area contributed by atoms with Crippen LogP contribution in [0.3, 0.4) is 0 Å². The van der Waals surface area contributed by atoms with E-state index in [9.17, 15) is 4.79 Å². The van der Waals surface area contributed by atoms with Crippen molar-refractivity contribution < 1.29 is 14.3 Å². The summed E-state index contributed by atoms with van der Waals surface area (Å²) in [5.74, 6) is 0.624. The molecule has 2 saturated heterocycles. The third kappa shape index (κ3) is 4.56. The van der Waals surface area contributed by atoms with Gasteiger partial charge in [0.2, 0.25) is 0 Å². The van der Waals surface area contributed by atoms with Crippen LogP contribution in [0.15, 0.2) is 30.3 Å². The second-order valence-corrected chi connectivity index (χ2v) is 6.82. The average Bonchev–Trinajstić information content (AvgIpc) is 3.11. The molecule has 2 N–H and O–H groups in total. The number of hydrogen-bond acceptors (Lipinski definition) is 4. The van der Waals surface area contributed by atoms with E-state index in [2.05, 4.69) is 12.1 Å². The molecule has 0 aliphatic carbocycles. The van der Waals surface area contributed by atoms with Crippen LogP contribution in [0.2, 0.25) is 0 Å². The molecule has 0 bridgehead atoms. The molecule has 5 nitrogen and oxygen atoms in total. The number of benzene rings is 1. The lowest BCUT2D eigenvalue weighted by Crippen LogP contribution is -2.42. The van der Waals surface area contributed by atoms with E-state index in [4.69, 9.17) is 15.2 Å². The number of ether oxygens (including phenoxy) is 2. The van der Waals surface area contributed by atoms with Gasteiger partial charge < -0.3 is 20.1 Å². The van der Waals surface area contributed by atoms with E-state index in [0.717, 1.165) is 51.0 Å². The number of carbonyl (C=O) groups is 1. The number of nitrogens with zero attached hydrogens (tertiary/aromatic N) is 1. The van der Waals surface area contributed by atoms with Crippen molar-refractivity contribution in [3.05, 3.63) is 35.9 Å². The zero-order valence-electron chi connectivity index (χ0n) is 14.2. The van der Waals surface area contributed by atoms with Gasteiger partial charge in [0.25, 0.3) is 5.91 Å². The van der Waals surface area contributed by atoms with Crippen LogP contribution in [0, 0.1) is 5.92 Å². The molecule has 0 saturated carbocycles. The topological polar surface area (TPSA) is 64.8 Å². The molecule has 0 unspecified atom stereocenters. The van der Waals surface area contributed by atoms with Gasteiger partial charge in [-0.1, -0.05) is 30.3 Å². The molecule has 0 spiro atoms. The molecule has 0 radical (unpaired) electrons. The minimum Gasteiger partial charge on any atom is -0.381 e. The van der Waals surface area contributed by atoms with Gasteiger partial charge in [-0.15, -0.1) is 0 Å². The Balaban J connectivity index is 1.67. The zero-order chi connectivity index (χ0) is 16.8. The van der Waals surface area contributed by atoms with Gasteiger partial charge >= 0.3 is 0 Å². The molecule has 132 valence electrons. The SMILES string of the molecule is NC[C@H]1CC[C@@H](C(=O)N(Cc2ccccc2)CC2CCOCC2)O1. The normalized spacial score (nSPS) is 24.9. The van der Waals surface area contributed by atoms with Crippen LogP contribution in [0.1, 0.15) is 31.2 Å². The van der Waals surface area contributed by atoms with Crippen molar-refractivity contribution in [2.24, 2.45) is 11.7 Å². The Hall–Kier alpha value is -1.43. The fourth-order valence-corrected chi connectivity index (χ4v) is 3.54. The van der Waals surface area contributed by atoms with Gasteiger partial charge in [-0.3, -0.25) is 4.79 Å². The van der Waals surface area contributed by atoms with Crippen LogP contribution in [0.4, 0.5) is 0 Å². The summed E-state index contributed by atoms with van der Waals surface area (Å²) in [6, 6.07) is 10.2. The van der Waals surface area contributed by atoms with Crippen molar-refractivity contribution in [1.29, 1.82) is 0 Å². The highest BCUT2D eigenvalue weighted by molar-refractivity contribution is 5.81. The minimum atomic E-state index is -0.331. The third-order valence-electron chi connectivity index (χ3n) is 4.99. The maximum atomic E-state index is 13.0. The highest BCUT2D eigenvalue weighted by Crippen LogP contribution is 2.24. The molecule has 2 atom stereocenters. The molecule has 5 heteroatoms. The van der Waals surface area contributed by atoms with E-state index in [-0.39, 0.29) is 18.1 Å². The third-order valence-corrected chi connectivity index (χ3v) is 4.99. The lowest BCUT2D eigenvalue weighted by Gasteiger charge is -2.31. The zero-order valence-corrected chi connectivity index (χ0v) is 14.2. The van der Waals surface area contributed by atoms with Gasteiger partial charge in [-0.25, -0.2) is 0 Å². The predicted octanol–water partition coefficient (Wildman–Crippen LogP) is 1.95. The highest BCUT2D eigenvalue weighted by atomic mass is 16.5. The van der Waals surface area contributed by atoms with Gasteiger partial charge in [-0.05, 0) is 37.2 Å². The summed E-state index contributed by atoms with van der Waals surface area (Å²) >= 11 is 0. The molecule has 1 amide bonds. The monoisotopic (exact) mass is 332 g/mol. The van der Waals surface area contributed by atoms with Gasteiger partial charge in [0.1, 0.15) is 6.10 Å². The Morgan fingerprint density at radius 2 is 1.88 bits per heavy atom. The number of amides is 1. The molecular weight excluding hydrogens is 304 g/mol. The fourth-order valence-electron chi connectivity index (χ4n) is 3.54. The molecule has 3 rings (SSSR count). The van der Waals surface area contributed by atoms with Gasteiger partial charge in [0.15, 0.2) is 0 Å². The summed E-state index contributed by atoms with van der Waals surface area (Å²) in [6.07, 6.45) is 3.40. The first-order chi connectivity index (χ1) is 11.8. The average molecular weight is 332 g/mol. The highest BCUT2D eigenvalue weighted by Gasteiger charge is 2.33.